The summed E-state index contributed by atoms with van der Waals surface area (Å²) in [5.74, 6) is -1.40. The Hall–Kier alpha value is -2.11. The van der Waals surface area contributed by atoms with Crippen LogP contribution in [0.3, 0.4) is 0 Å². The van der Waals surface area contributed by atoms with E-state index in [9.17, 15) is 19.5 Å². The van der Waals surface area contributed by atoms with Crippen molar-refractivity contribution >= 4 is 11.9 Å². The van der Waals surface area contributed by atoms with Gasteiger partial charge in [-0.3, -0.25) is 9.59 Å². The monoisotopic (exact) mass is 292 g/mol. The lowest BCUT2D eigenvalue weighted by Gasteiger charge is -2.22. The highest BCUT2D eigenvalue weighted by Crippen LogP contribution is 2.34. The number of hydrogen-bond donors (Lipinski definition) is 1. The van der Waals surface area contributed by atoms with Gasteiger partial charge in [0.25, 0.3) is 11.5 Å². The summed E-state index contributed by atoms with van der Waals surface area (Å²) in [6, 6.07) is 2.01. The highest BCUT2D eigenvalue weighted by atomic mass is 16.4. The number of rotatable bonds is 3. The number of nitrogens with zero attached hydrogens (tertiary/aromatic N) is 2. The van der Waals surface area contributed by atoms with Crippen LogP contribution in [0.2, 0.25) is 0 Å². The molecule has 1 aliphatic heterocycles. The molecule has 1 N–H and O–H groups in total. The summed E-state index contributed by atoms with van der Waals surface area (Å²) in [6.07, 6.45) is 1.98. The van der Waals surface area contributed by atoms with Gasteiger partial charge in [-0.05, 0) is 24.8 Å². The van der Waals surface area contributed by atoms with Crippen LogP contribution in [-0.2, 0) is 11.3 Å². The third-order valence-electron chi connectivity index (χ3n) is 3.85. The summed E-state index contributed by atoms with van der Waals surface area (Å²) in [6.45, 7) is 6.62. The molecule has 1 unspecified atom stereocenters. The highest BCUT2D eigenvalue weighted by Gasteiger charge is 2.43. The number of pyridine rings is 1. The summed E-state index contributed by atoms with van der Waals surface area (Å²) in [4.78, 5) is 37.0. The van der Waals surface area contributed by atoms with Crippen molar-refractivity contribution in [2.24, 2.45) is 5.41 Å². The van der Waals surface area contributed by atoms with Gasteiger partial charge in [0.05, 0.1) is 0 Å². The number of amides is 1. The Balaban J connectivity index is 2.32. The zero-order chi connectivity index (χ0) is 15.8. The Bertz CT molecular complexity index is 633. The van der Waals surface area contributed by atoms with Crippen molar-refractivity contribution in [3.05, 3.63) is 34.2 Å². The summed E-state index contributed by atoms with van der Waals surface area (Å²) in [5.41, 5.74) is -0.251. The molecule has 1 aliphatic rings. The van der Waals surface area contributed by atoms with Gasteiger partial charge in [-0.15, -0.1) is 0 Å². The number of aryl methyl sites for hydroxylation is 1. The van der Waals surface area contributed by atoms with E-state index in [1.54, 1.807) is 12.3 Å². The van der Waals surface area contributed by atoms with Crippen LogP contribution in [0.15, 0.2) is 23.1 Å². The predicted octanol–water partition coefficient (Wildman–Crippen LogP) is 1.19. The Morgan fingerprint density at radius 3 is 2.62 bits per heavy atom. The van der Waals surface area contributed by atoms with Crippen molar-refractivity contribution in [3.63, 3.8) is 0 Å². The summed E-state index contributed by atoms with van der Waals surface area (Å²) < 4.78 is 1.49. The van der Waals surface area contributed by atoms with Gasteiger partial charge in [-0.1, -0.05) is 13.8 Å². The average Bonchev–Trinajstić information content (AvgIpc) is 2.74. The summed E-state index contributed by atoms with van der Waals surface area (Å²) >= 11 is 0. The molecule has 0 aromatic carbocycles. The van der Waals surface area contributed by atoms with E-state index in [4.69, 9.17) is 0 Å². The van der Waals surface area contributed by atoms with Gasteiger partial charge in [-0.25, -0.2) is 4.79 Å². The van der Waals surface area contributed by atoms with Crippen molar-refractivity contribution in [2.45, 2.75) is 39.8 Å². The zero-order valence-electron chi connectivity index (χ0n) is 12.5. The van der Waals surface area contributed by atoms with E-state index in [2.05, 4.69) is 0 Å². The van der Waals surface area contributed by atoms with Gasteiger partial charge < -0.3 is 14.6 Å². The van der Waals surface area contributed by atoms with Crippen LogP contribution >= 0.6 is 0 Å². The number of hydrogen-bond acceptors (Lipinski definition) is 3. The molecule has 1 fully saturated rings. The Labute approximate surface area is 123 Å². The lowest BCUT2D eigenvalue weighted by Crippen LogP contribution is -2.41. The molecular formula is C15H20N2O4. The molecule has 1 amide bonds. The minimum Gasteiger partial charge on any atom is -0.480 e. The molecule has 1 atom stereocenters. The molecule has 0 radical (unpaired) electrons. The fourth-order valence-electron chi connectivity index (χ4n) is 2.77. The molecular weight excluding hydrogens is 272 g/mol. The van der Waals surface area contributed by atoms with Crippen molar-refractivity contribution in [1.29, 1.82) is 0 Å². The molecule has 0 saturated carbocycles. The van der Waals surface area contributed by atoms with E-state index in [1.165, 1.54) is 15.5 Å². The number of carbonyl (C=O) groups is 2. The van der Waals surface area contributed by atoms with Crippen molar-refractivity contribution in [3.8, 4) is 0 Å². The normalized spacial score (nSPS) is 20.5. The van der Waals surface area contributed by atoms with E-state index >= 15 is 0 Å². The molecule has 21 heavy (non-hydrogen) atoms. The van der Waals surface area contributed by atoms with Crippen LogP contribution in [0.5, 0.6) is 0 Å². The quantitative estimate of drug-likeness (QED) is 0.907. The molecule has 1 saturated heterocycles. The number of likely N-dealkylation sites (tertiary alicyclic amines) is 1. The van der Waals surface area contributed by atoms with E-state index in [0.29, 0.717) is 19.5 Å². The number of aromatic nitrogens is 1. The molecule has 2 rings (SSSR count). The van der Waals surface area contributed by atoms with Crippen molar-refractivity contribution in [2.75, 3.05) is 6.54 Å². The maximum atomic E-state index is 12.5. The minimum atomic E-state index is -1.00. The molecule has 2 heterocycles. The largest absolute Gasteiger partial charge is 0.480 e. The van der Waals surface area contributed by atoms with Crippen LogP contribution in [-0.4, -0.2) is 39.0 Å². The topological polar surface area (TPSA) is 79.6 Å². The van der Waals surface area contributed by atoms with E-state index in [0.717, 1.165) is 0 Å². The van der Waals surface area contributed by atoms with Gasteiger partial charge in [0.2, 0.25) is 0 Å². The van der Waals surface area contributed by atoms with E-state index < -0.39 is 17.9 Å². The third kappa shape index (κ3) is 2.99. The first-order valence-electron chi connectivity index (χ1n) is 6.99. The predicted molar refractivity (Wildman–Crippen MR) is 77.2 cm³/mol. The number of carboxylic acids is 1. The zero-order valence-corrected chi connectivity index (χ0v) is 12.5. The molecule has 1 aromatic rings. The Kier molecular flexibility index (Phi) is 3.89. The van der Waals surface area contributed by atoms with Gasteiger partial charge in [0, 0.05) is 30.9 Å². The number of aliphatic carboxylic acids is 1. The minimum absolute atomic E-state index is 0.239. The average molecular weight is 292 g/mol. The first kappa shape index (κ1) is 15.3. The molecule has 114 valence electrons. The Morgan fingerprint density at radius 2 is 2.10 bits per heavy atom. The van der Waals surface area contributed by atoms with Crippen LogP contribution in [0.25, 0.3) is 0 Å². The van der Waals surface area contributed by atoms with Crippen LogP contribution < -0.4 is 5.56 Å². The molecule has 6 heteroatoms. The van der Waals surface area contributed by atoms with Crippen LogP contribution in [0, 0.1) is 5.41 Å². The second kappa shape index (κ2) is 5.35. The van der Waals surface area contributed by atoms with Crippen LogP contribution in [0.1, 0.15) is 37.6 Å². The Morgan fingerprint density at radius 1 is 1.43 bits per heavy atom. The van der Waals surface area contributed by atoms with Crippen molar-refractivity contribution in [1.82, 2.24) is 9.47 Å². The highest BCUT2D eigenvalue weighted by molar-refractivity contribution is 5.96. The van der Waals surface area contributed by atoms with Gasteiger partial charge in [-0.2, -0.15) is 0 Å². The molecule has 0 bridgehead atoms. The maximum Gasteiger partial charge on any atom is 0.326 e. The first-order chi connectivity index (χ1) is 9.75. The van der Waals surface area contributed by atoms with Gasteiger partial charge in [0.15, 0.2) is 0 Å². The maximum absolute atomic E-state index is 12.5. The fourth-order valence-corrected chi connectivity index (χ4v) is 2.77. The van der Waals surface area contributed by atoms with Crippen molar-refractivity contribution < 1.29 is 14.7 Å². The molecule has 0 aliphatic carbocycles. The smallest absolute Gasteiger partial charge is 0.326 e. The first-order valence-corrected chi connectivity index (χ1v) is 6.99. The second-order valence-corrected chi connectivity index (χ2v) is 6.20. The lowest BCUT2D eigenvalue weighted by atomic mass is 9.91. The molecule has 6 nitrogen and oxygen atoms in total. The lowest BCUT2D eigenvalue weighted by molar-refractivity contribution is -0.141. The third-order valence-corrected chi connectivity index (χ3v) is 3.85. The van der Waals surface area contributed by atoms with Gasteiger partial charge in [0.1, 0.15) is 6.04 Å². The standard InChI is InChI=1S/C15H20N2O4/c1-4-16-6-5-10(7-12(16)18)13(19)17-9-15(2,3)8-11(17)14(20)21/h5-7,11H,4,8-9H2,1-3H3,(H,20,21). The van der Waals surface area contributed by atoms with Crippen LogP contribution in [0.4, 0.5) is 0 Å². The molecule has 1 aromatic heterocycles. The molecule has 0 spiro atoms. The number of carboxylic acid groups (broad SMARTS) is 1. The van der Waals surface area contributed by atoms with Gasteiger partial charge >= 0.3 is 5.97 Å². The van der Waals surface area contributed by atoms with E-state index in [1.807, 2.05) is 20.8 Å². The fraction of sp³-hybridized carbons (Fsp3) is 0.533. The summed E-state index contributed by atoms with van der Waals surface area (Å²) in [5, 5.41) is 9.29. The number of carbonyl (C=O) groups excluding carboxylic acids is 1. The SMILES string of the molecule is CCn1ccc(C(=O)N2CC(C)(C)CC2C(=O)O)cc1=O. The second-order valence-electron chi connectivity index (χ2n) is 6.20. The van der Waals surface area contributed by atoms with E-state index in [-0.39, 0.29) is 16.5 Å². The summed E-state index contributed by atoms with van der Waals surface area (Å²) in [7, 11) is 0.